The number of rotatable bonds is 0. The predicted molar refractivity (Wildman–Crippen MR) is 27.7 cm³/mol. The van der Waals surface area contributed by atoms with Gasteiger partial charge in [0, 0.05) is 0 Å². The second-order valence-electron chi connectivity index (χ2n) is 0.971. The molecule has 10 heavy (non-hydrogen) atoms. The van der Waals surface area contributed by atoms with Gasteiger partial charge in [-0.05, 0) is 0 Å². The summed E-state index contributed by atoms with van der Waals surface area (Å²) in [6.45, 7) is 0. The summed E-state index contributed by atoms with van der Waals surface area (Å²) in [5.74, 6) is 0. The average molecular weight is 169 g/mol. The Hall–Kier alpha value is 0.791. The summed E-state index contributed by atoms with van der Waals surface area (Å²) in [5, 5.41) is 24.8. The van der Waals surface area contributed by atoms with Crippen LogP contribution in [-0.2, 0) is 0 Å². The first-order valence-corrected chi connectivity index (χ1v) is 2.03. The van der Waals surface area contributed by atoms with E-state index in [2.05, 4.69) is 15.7 Å². The summed E-state index contributed by atoms with van der Waals surface area (Å²) in [5.41, 5.74) is 0. The van der Waals surface area contributed by atoms with Gasteiger partial charge in [0.25, 0.3) is 0 Å². The monoisotopic (exact) mass is 169 g/mol. The molecule has 5 nitrogen and oxygen atoms in total. The summed E-state index contributed by atoms with van der Waals surface area (Å²) in [7, 11) is -2.17. The van der Waals surface area contributed by atoms with Gasteiger partial charge in [0.15, 0.2) is 0 Å². The van der Waals surface area contributed by atoms with Crippen LogP contribution in [0.15, 0.2) is 17.0 Å². The van der Waals surface area contributed by atoms with E-state index in [0.717, 1.165) is 0 Å². The molecule has 0 aliphatic carbocycles. The quantitative estimate of drug-likeness (QED) is 0.269. The van der Waals surface area contributed by atoms with Crippen molar-refractivity contribution < 1.29 is 71.0 Å². The van der Waals surface area contributed by atoms with Crippen molar-refractivity contribution in [1.29, 1.82) is 0 Å². The zero-order valence-electron chi connectivity index (χ0n) is 5.43. The fraction of sp³-hybridized carbons (Fsp3) is 0. The van der Waals surface area contributed by atoms with Gasteiger partial charge >= 0.3 is 58.7 Å². The van der Waals surface area contributed by atoms with Gasteiger partial charge in [-0.1, -0.05) is 6.26 Å². The molecule has 1 rings (SSSR count). The van der Waals surface area contributed by atoms with Crippen LogP contribution in [0.5, 0.6) is 0 Å². The van der Waals surface area contributed by atoms with E-state index >= 15 is 0 Å². The van der Waals surface area contributed by atoms with Gasteiger partial charge in [-0.3, -0.25) is 0 Å². The predicted octanol–water partition coefficient (Wildman–Crippen LogP) is -4.57. The van der Waals surface area contributed by atoms with Crippen LogP contribution in [0.4, 0.5) is 0 Å². The second kappa shape index (κ2) is 9.79. The third-order valence-corrected chi connectivity index (χ3v) is 0.309. The summed E-state index contributed by atoms with van der Waals surface area (Å²) in [6.07, 6.45) is 2.85. The molecule has 0 radical (unpaired) electrons. The van der Waals surface area contributed by atoms with E-state index in [-0.39, 0.29) is 51.4 Å². The minimum absolute atomic E-state index is 0. The van der Waals surface area contributed by atoms with Crippen molar-refractivity contribution >= 4 is 7.32 Å². The molecule has 0 aliphatic heterocycles. The Morgan fingerprint density at radius 3 is 2.00 bits per heavy atom. The zero-order valence-corrected chi connectivity index (χ0v) is 8.55. The third-order valence-electron chi connectivity index (χ3n) is 0.309. The van der Waals surface area contributed by atoms with Crippen molar-refractivity contribution in [2.75, 3.05) is 0 Å². The first-order chi connectivity index (χ1) is 4.23. The maximum atomic E-state index is 7.17. The van der Waals surface area contributed by atoms with Crippen LogP contribution in [0.1, 0.15) is 0 Å². The standard InChI is InChI=1S/C3H2NO.BH3O3.K/c1-2-4-5-3-1;2-1(3)4;/h2-3H;2-4H;/q-1;;+1. The van der Waals surface area contributed by atoms with E-state index in [9.17, 15) is 0 Å². The molecule has 0 spiro atoms. The molecule has 0 amide bonds. The van der Waals surface area contributed by atoms with Crippen LogP contribution in [0.3, 0.4) is 0 Å². The molecule has 50 valence electrons. The Kier molecular flexibility index (Phi) is 13.1. The molecule has 0 saturated carbocycles. The molecule has 0 saturated heterocycles. The van der Waals surface area contributed by atoms with E-state index in [1.807, 2.05) is 0 Å². The summed E-state index contributed by atoms with van der Waals surface area (Å²) in [6, 6.07) is 2.58. The molecule has 3 N–H and O–H groups in total. The summed E-state index contributed by atoms with van der Waals surface area (Å²) in [4.78, 5) is 0. The van der Waals surface area contributed by atoms with Gasteiger partial charge in [0.1, 0.15) is 0 Å². The van der Waals surface area contributed by atoms with Crippen LogP contribution in [0, 0.1) is 6.07 Å². The molecule has 1 aromatic rings. The van der Waals surface area contributed by atoms with Gasteiger partial charge in [-0.15, -0.1) is 11.4 Å². The molecule has 0 bridgehead atoms. The number of hydrogen-bond donors (Lipinski definition) is 3. The van der Waals surface area contributed by atoms with Crippen molar-refractivity contribution in [3.8, 4) is 0 Å². The normalized spacial score (nSPS) is 6.70. The van der Waals surface area contributed by atoms with Gasteiger partial charge in [0.2, 0.25) is 0 Å². The summed E-state index contributed by atoms with van der Waals surface area (Å²) < 4.78 is 4.28. The molecular weight excluding hydrogens is 164 g/mol. The van der Waals surface area contributed by atoms with Crippen molar-refractivity contribution in [3.63, 3.8) is 0 Å². The van der Waals surface area contributed by atoms with E-state index in [1.165, 1.54) is 12.5 Å². The Labute approximate surface area is 101 Å². The Balaban J connectivity index is 0. The fourth-order valence-electron chi connectivity index (χ4n) is 0.152. The van der Waals surface area contributed by atoms with Gasteiger partial charge < -0.3 is 25.7 Å². The second-order valence-corrected chi connectivity index (χ2v) is 0.971. The molecule has 7 heteroatoms. The maximum Gasteiger partial charge on any atom is 1.00 e. The molecule has 0 unspecified atom stereocenters. The van der Waals surface area contributed by atoms with Crippen LogP contribution in [0.2, 0.25) is 0 Å². The van der Waals surface area contributed by atoms with Gasteiger partial charge in [0.05, 0.1) is 0 Å². The van der Waals surface area contributed by atoms with E-state index in [0.29, 0.717) is 0 Å². The Morgan fingerprint density at radius 1 is 1.40 bits per heavy atom. The van der Waals surface area contributed by atoms with Crippen LogP contribution >= 0.6 is 0 Å². The molecular formula is C3H5BKNO4. The van der Waals surface area contributed by atoms with Crippen molar-refractivity contribution in [3.05, 3.63) is 18.5 Å². The SMILES string of the molecule is OB(O)O.[K+].[c-]1cnoc1. The number of nitrogens with zero attached hydrogens (tertiary/aromatic N) is 1. The first-order valence-electron chi connectivity index (χ1n) is 2.03. The van der Waals surface area contributed by atoms with E-state index < -0.39 is 7.32 Å². The Morgan fingerprint density at radius 2 is 1.90 bits per heavy atom. The Bertz CT molecular complexity index is 104. The van der Waals surface area contributed by atoms with E-state index in [4.69, 9.17) is 15.1 Å². The fourth-order valence-corrected chi connectivity index (χ4v) is 0.152. The van der Waals surface area contributed by atoms with Crippen molar-refractivity contribution in [2.24, 2.45) is 0 Å². The average Bonchev–Trinajstić information content (AvgIpc) is 2.11. The molecule has 1 heterocycles. The third kappa shape index (κ3) is 15.9. The van der Waals surface area contributed by atoms with Crippen molar-refractivity contribution in [1.82, 2.24) is 5.16 Å². The van der Waals surface area contributed by atoms with Gasteiger partial charge in [-0.2, -0.15) is 0 Å². The summed E-state index contributed by atoms with van der Waals surface area (Å²) >= 11 is 0. The molecule has 1 aromatic heterocycles. The molecule has 0 aliphatic rings. The zero-order chi connectivity index (χ0) is 7.11. The molecule has 0 atom stereocenters. The number of aromatic nitrogens is 1. The topological polar surface area (TPSA) is 86.7 Å². The van der Waals surface area contributed by atoms with Gasteiger partial charge in [-0.25, -0.2) is 0 Å². The van der Waals surface area contributed by atoms with Crippen LogP contribution in [0.25, 0.3) is 0 Å². The largest absolute Gasteiger partial charge is 1.00 e. The first kappa shape index (κ1) is 13.4. The molecule has 0 aromatic carbocycles. The van der Waals surface area contributed by atoms with Crippen molar-refractivity contribution in [2.45, 2.75) is 0 Å². The minimum Gasteiger partial charge on any atom is -0.410 e. The smallest absolute Gasteiger partial charge is 0.410 e. The maximum absolute atomic E-state index is 7.17. The van der Waals surface area contributed by atoms with Crippen LogP contribution in [-0.4, -0.2) is 27.5 Å². The molecule has 0 fully saturated rings. The minimum atomic E-state index is -2.17. The van der Waals surface area contributed by atoms with E-state index in [1.54, 1.807) is 0 Å². The van der Waals surface area contributed by atoms with Crippen LogP contribution < -0.4 is 51.4 Å². The number of hydrogen-bond acceptors (Lipinski definition) is 5.